The van der Waals surface area contributed by atoms with Gasteiger partial charge in [-0.05, 0) is 33.2 Å². The molecule has 3 rings (SSSR count). The quantitative estimate of drug-likeness (QED) is 0.898. The lowest BCUT2D eigenvalue weighted by molar-refractivity contribution is 0.134. The van der Waals surface area contributed by atoms with Gasteiger partial charge in [0.15, 0.2) is 0 Å². The number of aliphatic hydroxyl groups is 1. The fourth-order valence-electron chi connectivity index (χ4n) is 2.72. The number of ether oxygens (including phenoxy) is 1. The van der Waals surface area contributed by atoms with E-state index in [9.17, 15) is 5.11 Å². The van der Waals surface area contributed by atoms with Gasteiger partial charge < -0.3 is 9.84 Å². The van der Waals surface area contributed by atoms with Gasteiger partial charge in [-0.3, -0.25) is 0 Å². The second-order valence-electron chi connectivity index (χ2n) is 6.80. The zero-order valence-electron chi connectivity index (χ0n) is 12.9. The van der Waals surface area contributed by atoms with Crippen molar-refractivity contribution in [1.82, 2.24) is 0 Å². The van der Waals surface area contributed by atoms with Crippen molar-refractivity contribution in [3.63, 3.8) is 0 Å². The van der Waals surface area contributed by atoms with E-state index in [1.165, 1.54) is 16.7 Å². The predicted octanol–water partition coefficient (Wildman–Crippen LogP) is 4.10. The van der Waals surface area contributed by atoms with Crippen molar-refractivity contribution < 1.29 is 9.84 Å². The highest BCUT2D eigenvalue weighted by Crippen LogP contribution is 2.29. The molecule has 1 aliphatic heterocycles. The molecule has 0 amide bonds. The molecule has 2 nitrogen and oxygen atoms in total. The first-order valence-electron chi connectivity index (χ1n) is 7.43. The monoisotopic (exact) mass is 282 g/mol. The summed E-state index contributed by atoms with van der Waals surface area (Å²) in [7, 11) is 0. The van der Waals surface area contributed by atoms with Crippen LogP contribution in [0.5, 0.6) is 0 Å². The zero-order chi connectivity index (χ0) is 15.0. The second-order valence-corrected chi connectivity index (χ2v) is 6.80. The van der Waals surface area contributed by atoms with Crippen LogP contribution in [0.2, 0.25) is 0 Å². The number of hydrogen-bond donors (Lipinski definition) is 1. The molecular weight excluding hydrogens is 260 g/mol. The summed E-state index contributed by atoms with van der Waals surface area (Å²) in [5.41, 5.74) is 5.70. The Hall–Kier alpha value is -1.64. The SMILES string of the molecule is CC(C)(C)c1ccc(C(O)c2ccc3c(c2)COC3)cc1. The van der Waals surface area contributed by atoms with Gasteiger partial charge in [0.1, 0.15) is 6.10 Å². The van der Waals surface area contributed by atoms with E-state index in [-0.39, 0.29) is 5.41 Å². The van der Waals surface area contributed by atoms with Crippen LogP contribution in [0.15, 0.2) is 42.5 Å². The fourth-order valence-corrected chi connectivity index (χ4v) is 2.72. The average molecular weight is 282 g/mol. The van der Waals surface area contributed by atoms with Gasteiger partial charge in [-0.15, -0.1) is 0 Å². The Morgan fingerprint density at radius 2 is 1.52 bits per heavy atom. The molecule has 0 bridgehead atoms. The lowest BCUT2D eigenvalue weighted by atomic mass is 9.86. The van der Waals surface area contributed by atoms with E-state index in [0.717, 1.165) is 11.1 Å². The molecule has 1 heterocycles. The zero-order valence-corrected chi connectivity index (χ0v) is 12.9. The Morgan fingerprint density at radius 1 is 0.905 bits per heavy atom. The molecule has 1 unspecified atom stereocenters. The average Bonchev–Trinajstić information content (AvgIpc) is 2.93. The van der Waals surface area contributed by atoms with Crippen molar-refractivity contribution in [3.8, 4) is 0 Å². The molecule has 0 spiro atoms. The Morgan fingerprint density at radius 3 is 2.19 bits per heavy atom. The minimum Gasteiger partial charge on any atom is -0.384 e. The van der Waals surface area contributed by atoms with E-state index < -0.39 is 6.10 Å². The second kappa shape index (κ2) is 5.28. The van der Waals surface area contributed by atoms with Crippen LogP contribution in [0.25, 0.3) is 0 Å². The van der Waals surface area contributed by atoms with Gasteiger partial charge in [0.05, 0.1) is 13.2 Å². The maximum Gasteiger partial charge on any atom is 0.104 e. The molecule has 0 saturated carbocycles. The summed E-state index contributed by atoms with van der Waals surface area (Å²) >= 11 is 0. The minimum absolute atomic E-state index is 0.133. The number of aliphatic hydroxyl groups excluding tert-OH is 1. The third-order valence-electron chi connectivity index (χ3n) is 4.15. The van der Waals surface area contributed by atoms with Crippen LogP contribution in [-0.4, -0.2) is 5.11 Å². The Kier molecular flexibility index (Phi) is 3.60. The summed E-state index contributed by atoms with van der Waals surface area (Å²) in [6.07, 6.45) is -0.579. The molecule has 1 aliphatic rings. The third-order valence-corrected chi connectivity index (χ3v) is 4.15. The van der Waals surface area contributed by atoms with Crippen LogP contribution >= 0.6 is 0 Å². The van der Waals surface area contributed by atoms with Crippen molar-refractivity contribution in [1.29, 1.82) is 0 Å². The Bertz CT molecular complexity index is 636. The van der Waals surface area contributed by atoms with Crippen LogP contribution in [0.1, 0.15) is 54.7 Å². The molecular formula is C19H22O2. The Balaban J connectivity index is 1.86. The minimum atomic E-state index is -0.579. The van der Waals surface area contributed by atoms with Crippen LogP contribution in [-0.2, 0) is 23.4 Å². The van der Waals surface area contributed by atoms with E-state index in [4.69, 9.17) is 4.74 Å². The summed E-state index contributed by atoms with van der Waals surface area (Å²) in [6.45, 7) is 7.92. The van der Waals surface area contributed by atoms with E-state index in [0.29, 0.717) is 13.2 Å². The lowest BCUT2D eigenvalue weighted by Gasteiger charge is -2.20. The first-order chi connectivity index (χ1) is 9.95. The highest BCUT2D eigenvalue weighted by molar-refractivity contribution is 5.39. The van der Waals surface area contributed by atoms with Gasteiger partial charge in [-0.25, -0.2) is 0 Å². The maximum atomic E-state index is 10.6. The molecule has 0 aromatic heterocycles. The van der Waals surface area contributed by atoms with E-state index in [1.54, 1.807) is 0 Å². The van der Waals surface area contributed by atoms with Gasteiger partial charge in [0, 0.05) is 0 Å². The summed E-state index contributed by atoms with van der Waals surface area (Å²) in [5.74, 6) is 0. The molecule has 2 aromatic rings. The number of benzene rings is 2. The van der Waals surface area contributed by atoms with Crippen LogP contribution in [0, 0.1) is 0 Å². The van der Waals surface area contributed by atoms with Crippen molar-refractivity contribution in [2.45, 2.75) is 45.5 Å². The first-order valence-corrected chi connectivity index (χ1v) is 7.43. The third kappa shape index (κ3) is 2.87. The molecule has 110 valence electrons. The summed E-state index contributed by atoms with van der Waals surface area (Å²) in [6, 6.07) is 14.4. The molecule has 2 aromatic carbocycles. The topological polar surface area (TPSA) is 29.5 Å². The first kappa shape index (κ1) is 14.3. The maximum absolute atomic E-state index is 10.6. The predicted molar refractivity (Wildman–Crippen MR) is 84.1 cm³/mol. The number of fused-ring (bicyclic) bond motifs is 1. The molecule has 0 saturated heterocycles. The van der Waals surface area contributed by atoms with Gasteiger partial charge in [0.2, 0.25) is 0 Å². The fraction of sp³-hybridized carbons (Fsp3) is 0.368. The number of rotatable bonds is 2. The van der Waals surface area contributed by atoms with Crippen LogP contribution in [0.4, 0.5) is 0 Å². The van der Waals surface area contributed by atoms with E-state index in [1.807, 2.05) is 18.2 Å². The highest BCUT2D eigenvalue weighted by atomic mass is 16.5. The van der Waals surface area contributed by atoms with Crippen LogP contribution < -0.4 is 0 Å². The van der Waals surface area contributed by atoms with Crippen molar-refractivity contribution in [2.24, 2.45) is 0 Å². The Labute approximate surface area is 126 Å². The normalized spacial score (nSPS) is 15.8. The molecule has 21 heavy (non-hydrogen) atoms. The van der Waals surface area contributed by atoms with E-state index in [2.05, 4.69) is 45.0 Å². The number of hydrogen-bond acceptors (Lipinski definition) is 2. The summed E-state index contributed by atoms with van der Waals surface area (Å²) < 4.78 is 5.43. The smallest absolute Gasteiger partial charge is 0.104 e. The van der Waals surface area contributed by atoms with Gasteiger partial charge in [-0.2, -0.15) is 0 Å². The summed E-state index contributed by atoms with van der Waals surface area (Å²) in [5, 5.41) is 10.6. The largest absolute Gasteiger partial charge is 0.384 e. The van der Waals surface area contributed by atoms with Crippen LogP contribution in [0.3, 0.4) is 0 Å². The molecule has 0 aliphatic carbocycles. The lowest BCUT2D eigenvalue weighted by Crippen LogP contribution is -2.11. The van der Waals surface area contributed by atoms with Crippen molar-refractivity contribution in [3.05, 3.63) is 70.3 Å². The molecule has 0 radical (unpaired) electrons. The highest BCUT2D eigenvalue weighted by Gasteiger charge is 2.17. The van der Waals surface area contributed by atoms with Gasteiger partial charge in [-0.1, -0.05) is 63.2 Å². The van der Waals surface area contributed by atoms with E-state index >= 15 is 0 Å². The molecule has 2 heteroatoms. The standard InChI is InChI=1S/C19H22O2/c1-19(2,3)17-8-6-13(7-9-17)18(20)14-4-5-15-11-21-12-16(15)10-14/h4-10,18,20H,11-12H2,1-3H3. The van der Waals surface area contributed by atoms with Gasteiger partial charge in [0.25, 0.3) is 0 Å². The van der Waals surface area contributed by atoms with Crippen molar-refractivity contribution >= 4 is 0 Å². The van der Waals surface area contributed by atoms with Crippen molar-refractivity contribution in [2.75, 3.05) is 0 Å². The molecule has 1 N–H and O–H groups in total. The molecule has 1 atom stereocenters. The summed E-state index contributed by atoms with van der Waals surface area (Å²) in [4.78, 5) is 0. The molecule has 0 fully saturated rings. The van der Waals surface area contributed by atoms with Gasteiger partial charge >= 0.3 is 0 Å².